The van der Waals surface area contributed by atoms with Crippen molar-refractivity contribution in [2.75, 3.05) is 0 Å². The van der Waals surface area contributed by atoms with E-state index in [0.29, 0.717) is 18.1 Å². The predicted octanol–water partition coefficient (Wildman–Crippen LogP) is 6.23. The van der Waals surface area contributed by atoms with Crippen molar-refractivity contribution < 1.29 is 13.9 Å². The number of hydrogen-bond acceptors (Lipinski definition) is 2. The van der Waals surface area contributed by atoms with Gasteiger partial charge in [-0.1, -0.05) is 50.2 Å². The van der Waals surface area contributed by atoms with E-state index in [4.69, 9.17) is 4.74 Å². The highest BCUT2D eigenvalue weighted by molar-refractivity contribution is 5.94. The van der Waals surface area contributed by atoms with Gasteiger partial charge in [0.1, 0.15) is 18.2 Å². The number of aryl methyl sites for hydroxylation is 1. The number of hydrogen-bond donors (Lipinski definition) is 1. The lowest BCUT2D eigenvalue weighted by Gasteiger charge is -2.23. The minimum atomic E-state index is -0.267. The number of halogens is 1. The molecule has 0 heterocycles. The van der Waals surface area contributed by atoms with Crippen molar-refractivity contribution in [3.63, 3.8) is 0 Å². The van der Waals surface area contributed by atoms with E-state index in [-0.39, 0.29) is 17.8 Å². The van der Waals surface area contributed by atoms with Crippen LogP contribution in [0.1, 0.15) is 53.4 Å². The molecule has 1 amide bonds. The van der Waals surface area contributed by atoms with Crippen molar-refractivity contribution in [1.82, 2.24) is 5.32 Å². The average Bonchev–Trinajstić information content (AvgIpc) is 2.72. The van der Waals surface area contributed by atoms with Gasteiger partial charge in [0.25, 0.3) is 5.91 Å². The summed E-state index contributed by atoms with van der Waals surface area (Å²) >= 11 is 0. The van der Waals surface area contributed by atoms with Crippen molar-refractivity contribution in [2.24, 2.45) is 5.92 Å². The predicted molar refractivity (Wildman–Crippen MR) is 118 cm³/mol. The molecule has 1 unspecified atom stereocenters. The summed E-state index contributed by atoms with van der Waals surface area (Å²) in [6, 6.07) is 21.6. The van der Waals surface area contributed by atoms with E-state index < -0.39 is 0 Å². The minimum Gasteiger partial charge on any atom is -0.489 e. The Bertz CT molecular complexity index is 985. The molecule has 0 aromatic heterocycles. The highest BCUT2D eigenvalue weighted by Crippen LogP contribution is 2.25. The summed E-state index contributed by atoms with van der Waals surface area (Å²) < 4.78 is 19.3. The van der Waals surface area contributed by atoms with E-state index in [1.54, 1.807) is 12.1 Å². The van der Waals surface area contributed by atoms with Gasteiger partial charge in [0, 0.05) is 5.56 Å². The van der Waals surface area contributed by atoms with Crippen LogP contribution >= 0.6 is 0 Å². The van der Waals surface area contributed by atoms with Crippen molar-refractivity contribution in [2.45, 2.75) is 39.8 Å². The third-order valence-electron chi connectivity index (χ3n) is 4.96. The number of rotatable bonds is 8. The number of carbonyl (C=O) groups is 1. The van der Waals surface area contributed by atoms with E-state index in [1.165, 1.54) is 12.1 Å². The first-order valence-corrected chi connectivity index (χ1v) is 10.3. The summed E-state index contributed by atoms with van der Waals surface area (Å²) in [5.74, 6) is 0.754. The van der Waals surface area contributed by atoms with Gasteiger partial charge in [0.15, 0.2) is 0 Å². The van der Waals surface area contributed by atoms with Gasteiger partial charge in [-0.25, -0.2) is 4.39 Å². The van der Waals surface area contributed by atoms with Crippen molar-refractivity contribution in [3.8, 4) is 5.75 Å². The van der Waals surface area contributed by atoms with Crippen LogP contribution in [-0.2, 0) is 6.61 Å². The van der Waals surface area contributed by atoms with Crippen LogP contribution in [0.15, 0.2) is 72.8 Å². The Morgan fingerprint density at radius 1 is 1.00 bits per heavy atom. The third kappa shape index (κ3) is 5.93. The molecule has 4 heteroatoms. The normalized spacial score (nSPS) is 11.9. The fraction of sp³-hybridized carbons (Fsp3) is 0.269. The van der Waals surface area contributed by atoms with Crippen molar-refractivity contribution in [1.29, 1.82) is 0 Å². The average molecular weight is 406 g/mol. The van der Waals surface area contributed by atoms with Crippen LogP contribution in [0.25, 0.3) is 0 Å². The summed E-state index contributed by atoms with van der Waals surface area (Å²) in [5, 5.41) is 3.14. The maximum atomic E-state index is 13.5. The molecule has 30 heavy (non-hydrogen) atoms. The second-order valence-electron chi connectivity index (χ2n) is 7.96. The number of amides is 1. The van der Waals surface area contributed by atoms with E-state index in [0.717, 1.165) is 28.9 Å². The highest BCUT2D eigenvalue weighted by atomic mass is 19.1. The first-order valence-electron chi connectivity index (χ1n) is 10.3. The van der Waals surface area contributed by atoms with Crippen LogP contribution in [0.2, 0.25) is 0 Å². The Hall–Kier alpha value is -3.14. The molecule has 0 fully saturated rings. The molecule has 156 valence electrons. The van der Waals surface area contributed by atoms with E-state index in [2.05, 4.69) is 19.2 Å². The molecule has 1 N–H and O–H groups in total. The summed E-state index contributed by atoms with van der Waals surface area (Å²) in [4.78, 5) is 13.0. The Balaban J connectivity index is 1.73. The number of ether oxygens (including phenoxy) is 1. The first-order chi connectivity index (χ1) is 14.4. The van der Waals surface area contributed by atoms with Crippen molar-refractivity contribution >= 4 is 5.91 Å². The smallest absolute Gasteiger partial charge is 0.251 e. The monoisotopic (exact) mass is 405 g/mol. The van der Waals surface area contributed by atoms with Crippen LogP contribution in [0.5, 0.6) is 5.75 Å². The Morgan fingerprint density at radius 2 is 1.77 bits per heavy atom. The lowest BCUT2D eigenvalue weighted by Crippen LogP contribution is -2.30. The molecule has 3 aromatic rings. The van der Waals surface area contributed by atoms with Gasteiger partial charge in [0.05, 0.1) is 6.04 Å². The number of benzene rings is 3. The molecule has 0 aliphatic heterocycles. The standard InChI is InChI=1S/C26H28FNO2/c1-18(2)14-25(24-13-12-22(27)15-19(24)3)28-26(29)21-9-7-8-20(16-21)17-30-23-10-5-4-6-11-23/h4-13,15-16,18,25H,14,17H2,1-3H3,(H,28,29). The topological polar surface area (TPSA) is 38.3 Å². The lowest BCUT2D eigenvalue weighted by atomic mass is 9.93. The molecular formula is C26H28FNO2. The minimum absolute atomic E-state index is 0.147. The number of carbonyl (C=O) groups excluding carboxylic acids is 1. The molecule has 0 bridgehead atoms. The molecule has 0 aliphatic carbocycles. The third-order valence-corrected chi connectivity index (χ3v) is 4.96. The maximum Gasteiger partial charge on any atom is 0.251 e. The molecule has 0 radical (unpaired) electrons. The largest absolute Gasteiger partial charge is 0.489 e. The molecule has 0 aliphatic rings. The fourth-order valence-corrected chi connectivity index (χ4v) is 3.49. The number of para-hydroxylation sites is 1. The zero-order valence-corrected chi connectivity index (χ0v) is 17.7. The first kappa shape index (κ1) is 21.6. The van der Waals surface area contributed by atoms with Gasteiger partial charge in [0.2, 0.25) is 0 Å². The van der Waals surface area contributed by atoms with Gasteiger partial charge in [-0.3, -0.25) is 4.79 Å². The van der Waals surface area contributed by atoms with Gasteiger partial charge < -0.3 is 10.1 Å². The van der Waals surface area contributed by atoms with E-state index in [9.17, 15) is 9.18 Å². The SMILES string of the molecule is Cc1cc(F)ccc1C(CC(C)C)NC(=O)c1cccc(COc2ccccc2)c1. The van der Waals surface area contributed by atoms with Gasteiger partial charge in [-0.2, -0.15) is 0 Å². The molecule has 1 atom stereocenters. The zero-order valence-electron chi connectivity index (χ0n) is 17.7. The summed E-state index contributed by atoms with van der Waals surface area (Å²) in [6.07, 6.45) is 0.773. The van der Waals surface area contributed by atoms with Crippen molar-refractivity contribution in [3.05, 3.63) is 101 Å². The number of nitrogens with one attached hydrogen (secondary N) is 1. The van der Waals surface area contributed by atoms with Gasteiger partial charge in [-0.05, 0) is 72.4 Å². The summed E-state index contributed by atoms with van der Waals surface area (Å²) in [5.41, 5.74) is 3.29. The highest BCUT2D eigenvalue weighted by Gasteiger charge is 2.19. The van der Waals surface area contributed by atoms with Crippen LogP contribution in [0.3, 0.4) is 0 Å². The maximum absolute atomic E-state index is 13.5. The molecule has 0 saturated heterocycles. The second kappa shape index (κ2) is 10.1. The van der Waals surface area contributed by atoms with E-state index in [1.807, 2.05) is 55.5 Å². The van der Waals surface area contributed by atoms with Crippen LogP contribution in [0.4, 0.5) is 4.39 Å². The Labute approximate surface area is 177 Å². The summed E-state index contributed by atoms with van der Waals surface area (Å²) in [6.45, 7) is 6.48. The Morgan fingerprint density at radius 3 is 2.47 bits per heavy atom. The Kier molecular flexibility index (Phi) is 7.23. The molecular weight excluding hydrogens is 377 g/mol. The summed E-state index contributed by atoms with van der Waals surface area (Å²) in [7, 11) is 0. The van der Waals surface area contributed by atoms with Crippen LogP contribution in [0, 0.1) is 18.7 Å². The van der Waals surface area contributed by atoms with Crippen LogP contribution < -0.4 is 10.1 Å². The molecule has 3 aromatic carbocycles. The molecule has 0 saturated carbocycles. The molecule has 3 rings (SSSR count). The lowest BCUT2D eigenvalue weighted by molar-refractivity contribution is 0.0931. The zero-order chi connectivity index (χ0) is 21.5. The molecule has 0 spiro atoms. The van der Waals surface area contributed by atoms with Gasteiger partial charge in [-0.15, -0.1) is 0 Å². The fourth-order valence-electron chi connectivity index (χ4n) is 3.49. The van der Waals surface area contributed by atoms with Crippen LogP contribution in [-0.4, -0.2) is 5.91 Å². The van der Waals surface area contributed by atoms with E-state index >= 15 is 0 Å². The molecule has 3 nitrogen and oxygen atoms in total. The van der Waals surface area contributed by atoms with Gasteiger partial charge >= 0.3 is 0 Å². The second-order valence-corrected chi connectivity index (χ2v) is 7.96. The quantitative estimate of drug-likeness (QED) is 0.482.